The summed E-state index contributed by atoms with van der Waals surface area (Å²) in [6.07, 6.45) is 2.96. The molecule has 1 aromatic rings. The fraction of sp³-hybridized carbons (Fsp3) is 0.500. The van der Waals surface area contributed by atoms with Gasteiger partial charge in [-0.3, -0.25) is 4.79 Å². The minimum Gasteiger partial charge on any atom is -0.338 e. The fourth-order valence-corrected chi connectivity index (χ4v) is 2.79. The molecule has 19 heavy (non-hydrogen) atoms. The summed E-state index contributed by atoms with van der Waals surface area (Å²) in [5.41, 5.74) is 5.87. The van der Waals surface area contributed by atoms with Crippen molar-refractivity contribution < 1.29 is 13.6 Å². The minimum atomic E-state index is -0.999. The molecule has 0 heterocycles. The summed E-state index contributed by atoms with van der Waals surface area (Å²) in [5.74, 6) is -1.94. The summed E-state index contributed by atoms with van der Waals surface area (Å²) in [6.45, 7) is 0.542. The smallest absolute Gasteiger partial charge is 0.253 e. The lowest BCUT2D eigenvalue weighted by Crippen LogP contribution is -2.41. The molecule has 1 amide bonds. The average Bonchev–Trinajstić information content (AvgIpc) is 2.88. The first-order valence-corrected chi connectivity index (χ1v) is 6.47. The van der Waals surface area contributed by atoms with Crippen molar-refractivity contribution in [1.29, 1.82) is 0 Å². The van der Waals surface area contributed by atoms with Gasteiger partial charge in [-0.1, -0.05) is 6.42 Å². The Bertz CT molecular complexity index is 479. The lowest BCUT2D eigenvalue weighted by atomic mass is 10.0. The number of carbonyl (C=O) groups is 1. The van der Waals surface area contributed by atoms with Crippen LogP contribution in [0.3, 0.4) is 0 Å². The average molecular weight is 268 g/mol. The quantitative estimate of drug-likeness (QED) is 0.913. The van der Waals surface area contributed by atoms with E-state index >= 15 is 0 Å². The van der Waals surface area contributed by atoms with Crippen LogP contribution in [-0.2, 0) is 0 Å². The molecule has 1 saturated carbocycles. The Morgan fingerprint density at radius 2 is 2.11 bits per heavy atom. The van der Waals surface area contributed by atoms with Crippen molar-refractivity contribution in [3.8, 4) is 0 Å². The number of benzene rings is 1. The van der Waals surface area contributed by atoms with Crippen LogP contribution in [0.2, 0.25) is 0 Å². The number of carbonyl (C=O) groups excluding carboxylic acids is 1. The van der Waals surface area contributed by atoms with Crippen LogP contribution < -0.4 is 5.73 Å². The van der Waals surface area contributed by atoms with Crippen molar-refractivity contribution in [3.63, 3.8) is 0 Å². The van der Waals surface area contributed by atoms with Gasteiger partial charge in [0.05, 0.1) is 0 Å². The molecule has 2 N–H and O–H groups in total. The zero-order chi connectivity index (χ0) is 14.0. The molecule has 1 fully saturated rings. The lowest BCUT2D eigenvalue weighted by Gasteiger charge is -2.29. The van der Waals surface area contributed by atoms with E-state index in [1.807, 2.05) is 0 Å². The Morgan fingerprint density at radius 3 is 2.74 bits per heavy atom. The molecule has 5 heteroatoms. The number of nitrogens with zero attached hydrogens (tertiary/aromatic N) is 1. The summed E-state index contributed by atoms with van der Waals surface area (Å²) in [7, 11) is 1.70. The van der Waals surface area contributed by atoms with Gasteiger partial charge < -0.3 is 10.6 Å². The van der Waals surface area contributed by atoms with E-state index in [1.165, 1.54) is 6.07 Å². The van der Waals surface area contributed by atoms with Gasteiger partial charge in [0.2, 0.25) is 0 Å². The van der Waals surface area contributed by atoms with Crippen molar-refractivity contribution >= 4 is 5.91 Å². The van der Waals surface area contributed by atoms with Gasteiger partial charge in [-0.2, -0.15) is 0 Å². The first-order valence-electron chi connectivity index (χ1n) is 6.47. The van der Waals surface area contributed by atoms with Crippen LogP contribution >= 0.6 is 0 Å². The van der Waals surface area contributed by atoms with Gasteiger partial charge in [-0.05, 0) is 43.5 Å². The fourth-order valence-electron chi connectivity index (χ4n) is 2.79. The van der Waals surface area contributed by atoms with Crippen molar-refractivity contribution in [2.75, 3.05) is 13.6 Å². The second kappa shape index (κ2) is 5.65. The van der Waals surface area contributed by atoms with Crippen LogP contribution in [0.1, 0.15) is 29.6 Å². The zero-order valence-electron chi connectivity index (χ0n) is 10.9. The lowest BCUT2D eigenvalue weighted by molar-refractivity contribution is 0.0699. The standard InChI is InChI=1S/C14H18F2N2O/c1-18(13-4-2-3-10(13)8-17)14(19)9-5-6-11(15)12(16)7-9/h5-7,10,13H,2-4,8,17H2,1H3. The molecule has 0 radical (unpaired) electrons. The predicted octanol–water partition coefficient (Wildman–Crippen LogP) is 2.16. The largest absolute Gasteiger partial charge is 0.338 e. The van der Waals surface area contributed by atoms with Crippen molar-refractivity contribution in [2.24, 2.45) is 11.7 Å². The van der Waals surface area contributed by atoms with Crippen LogP contribution in [0.15, 0.2) is 18.2 Å². The maximum absolute atomic E-state index is 13.2. The normalized spacial score (nSPS) is 22.5. The summed E-state index contributed by atoms with van der Waals surface area (Å²) < 4.78 is 26.0. The third-order valence-corrected chi connectivity index (χ3v) is 3.91. The minimum absolute atomic E-state index is 0.0885. The van der Waals surface area contributed by atoms with E-state index in [0.29, 0.717) is 12.5 Å². The van der Waals surface area contributed by atoms with Crippen LogP contribution in [0.4, 0.5) is 8.78 Å². The highest BCUT2D eigenvalue weighted by atomic mass is 19.2. The molecular weight excluding hydrogens is 250 g/mol. The maximum Gasteiger partial charge on any atom is 0.253 e. The molecule has 1 aliphatic carbocycles. The van der Waals surface area contributed by atoms with E-state index in [4.69, 9.17) is 5.73 Å². The van der Waals surface area contributed by atoms with Crippen LogP contribution in [0.5, 0.6) is 0 Å². The molecule has 2 unspecified atom stereocenters. The van der Waals surface area contributed by atoms with Gasteiger partial charge in [0.1, 0.15) is 0 Å². The van der Waals surface area contributed by atoms with Gasteiger partial charge >= 0.3 is 0 Å². The summed E-state index contributed by atoms with van der Waals surface area (Å²) in [5, 5.41) is 0. The number of rotatable bonds is 3. The van der Waals surface area contributed by atoms with E-state index in [0.717, 1.165) is 31.4 Å². The second-order valence-corrected chi connectivity index (χ2v) is 5.04. The molecule has 3 nitrogen and oxygen atoms in total. The maximum atomic E-state index is 13.2. The van der Waals surface area contributed by atoms with Crippen LogP contribution in [-0.4, -0.2) is 30.4 Å². The molecule has 2 atom stereocenters. The predicted molar refractivity (Wildman–Crippen MR) is 68.6 cm³/mol. The van der Waals surface area contributed by atoms with Crippen molar-refractivity contribution in [1.82, 2.24) is 4.90 Å². The Labute approximate surface area is 111 Å². The van der Waals surface area contributed by atoms with Gasteiger partial charge in [-0.25, -0.2) is 8.78 Å². The number of amides is 1. The van der Waals surface area contributed by atoms with E-state index in [2.05, 4.69) is 0 Å². The Morgan fingerprint density at radius 1 is 1.37 bits per heavy atom. The zero-order valence-corrected chi connectivity index (χ0v) is 10.9. The number of hydrogen-bond acceptors (Lipinski definition) is 2. The number of nitrogens with two attached hydrogens (primary N) is 1. The molecule has 1 aromatic carbocycles. The van der Waals surface area contributed by atoms with Gasteiger partial charge in [0.15, 0.2) is 11.6 Å². The van der Waals surface area contributed by atoms with Crippen molar-refractivity contribution in [3.05, 3.63) is 35.4 Å². The molecule has 0 saturated heterocycles. The second-order valence-electron chi connectivity index (χ2n) is 5.04. The molecule has 1 aliphatic rings. The summed E-state index contributed by atoms with van der Waals surface area (Å²) in [4.78, 5) is 13.9. The third kappa shape index (κ3) is 2.76. The highest BCUT2D eigenvalue weighted by Gasteiger charge is 2.32. The topological polar surface area (TPSA) is 46.3 Å². The van der Waals surface area contributed by atoms with E-state index in [-0.39, 0.29) is 17.5 Å². The van der Waals surface area contributed by atoms with Gasteiger partial charge in [0.25, 0.3) is 5.91 Å². The number of hydrogen-bond donors (Lipinski definition) is 1. The highest BCUT2D eigenvalue weighted by molar-refractivity contribution is 5.94. The third-order valence-electron chi connectivity index (χ3n) is 3.91. The Kier molecular flexibility index (Phi) is 4.14. The van der Waals surface area contributed by atoms with Crippen LogP contribution in [0.25, 0.3) is 0 Å². The van der Waals surface area contributed by atoms with Gasteiger partial charge in [0, 0.05) is 18.7 Å². The molecule has 2 rings (SSSR count). The Hall–Kier alpha value is -1.49. The molecule has 0 aromatic heterocycles. The summed E-state index contributed by atoms with van der Waals surface area (Å²) in [6, 6.07) is 3.32. The first-order chi connectivity index (χ1) is 9.04. The van der Waals surface area contributed by atoms with Gasteiger partial charge in [-0.15, -0.1) is 0 Å². The van der Waals surface area contributed by atoms with E-state index < -0.39 is 11.6 Å². The molecule has 0 aliphatic heterocycles. The van der Waals surface area contributed by atoms with E-state index in [9.17, 15) is 13.6 Å². The Balaban J connectivity index is 2.16. The summed E-state index contributed by atoms with van der Waals surface area (Å²) >= 11 is 0. The SMILES string of the molecule is CN(C(=O)c1ccc(F)c(F)c1)C1CCCC1CN. The molecule has 0 bridgehead atoms. The van der Waals surface area contributed by atoms with Crippen LogP contribution in [0, 0.1) is 17.6 Å². The molecular formula is C14H18F2N2O. The number of halogens is 2. The molecule has 0 spiro atoms. The first kappa shape index (κ1) is 13.9. The monoisotopic (exact) mass is 268 g/mol. The van der Waals surface area contributed by atoms with Crippen molar-refractivity contribution in [2.45, 2.75) is 25.3 Å². The van der Waals surface area contributed by atoms with E-state index in [1.54, 1.807) is 11.9 Å². The highest BCUT2D eigenvalue weighted by Crippen LogP contribution is 2.29. The molecule has 104 valence electrons.